The topological polar surface area (TPSA) is 102 Å². The highest BCUT2D eigenvalue weighted by Crippen LogP contribution is 2.28. The second-order valence-corrected chi connectivity index (χ2v) is 3.86. The van der Waals surface area contributed by atoms with Crippen LogP contribution in [0.25, 0.3) is 0 Å². The number of carbonyl (C=O) groups excluding carboxylic acids is 2. The smallest absolute Gasteiger partial charge is 0.329 e. The van der Waals surface area contributed by atoms with Crippen molar-refractivity contribution in [2.45, 2.75) is 0 Å². The lowest BCUT2D eigenvalue weighted by molar-refractivity contribution is -0.141. The minimum Gasteiger partial charge on any atom is -0.482 e. The molecule has 1 aliphatic rings. The lowest BCUT2D eigenvalue weighted by Crippen LogP contribution is -2.25. The van der Waals surface area contributed by atoms with Gasteiger partial charge in [-0.1, -0.05) is 0 Å². The number of hydrogen-bond acceptors (Lipinski definition) is 5. The van der Waals surface area contributed by atoms with E-state index in [1.165, 1.54) is 12.1 Å². The highest BCUT2D eigenvalue weighted by Gasteiger charge is 2.17. The van der Waals surface area contributed by atoms with Crippen molar-refractivity contribution in [1.29, 1.82) is 0 Å². The Morgan fingerprint density at radius 1 is 1.37 bits per heavy atom. The van der Waals surface area contributed by atoms with Gasteiger partial charge in [0.25, 0.3) is 5.91 Å². The molecule has 0 aliphatic carbocycles. The van der Waals surface area contributed by atoms with Crippen LogP contribution < -0.4 is 10.1 Å². The summed E-state index contributed by atoms with van der Waals surface area (Å²) < 4.78 is 9.86. The lowest BCUT2D eigenvalue weighted by atomic mass is 10.1. The number of fused-ring (bicyclic) bond motifs is 1. The third-order valence-electron chi connectivity index (χ3n) is 2.39. The van der Waals surface area contributed by atoms with Crippen molar-refractivity contribution in [3.8, 4) is 5.75 Å². The second kappa shape index (κ2) is 5.49. The molecule has 0 bridgehead atoms. The summed E-state index contributed by atoms with van der Waals surface area (Å²) in [6, 6.07) is 4.57. The Morgan fingerprint density at radius 3 is 2.89 bits per heavy atom. The Hall–Kier alpha value is -2.41. The fourth-order valence-corrected chi connectivity index (χ4v) is 1.57. The predicted molar refractivity (Wildman–Crippen MR) is 63.4 cm³/mol. The van der Waals surface area contributed by atoms with Gasteiger partial charge in [-0.2, -0.15) is 0 Å². The molecule has 1 heterocycles. The van der Waals surface area contributed by atoms with E-state index in [2.05, 4.69) is 5.32 Å². The summed E-state index contributed by atoms with van der Waals surface area (Å²) >= 11 is 0. The number of amides is 1. The molecule has 19 heavy (non-hydrogen) atoms. The number of Topliss-reactive ketones (excluding diaryl/α,β-unsaturated/α-hetero) is 1. The van der Waals surface area contributed by atoms with Crippen LogP contribution in [0, 0.1) is 0 Å². The highest BCUT2D eigenvalue weighted by atomic mass is 16.5. The molecule has 7 heteroatoms. The summed E-state index contributed by atoms with van der Waals surface area (Å²) in [4.78, 5) is 33.1. The number of anilines is 1. The van der Waals surface area contributed by atoms with Gasteiger partial charge < -0.3 is 19.9 Å². The van der Waals surface area contributed by atoms with Crippen molar-refractivity contribution in [1.82, 2.24) is 0 Å². The summed E-state index contributed by atoms with van der Waals surface area (Å²) in [5.74, 6) is -1.32. The number of ketones is 1. The van der Waals surface area contributed by atoms with Crippen LogP contribution in [-0.2, 0) is 14.3 Å². The van der Waals surface area contributed by atoms with E-state index in [4.69, 9.17) is 14.6 Å². The zero-order chi connectivity index (χ0) is 13.8. The van der Waals surface area contributed by atoms with E-state index in [1.807, 2.05) is 0 Å². The molecule has 0 saturated carbocycles. The molecule has 0 atom stereocenters. The molecular formula is C12H11NO6. The minimum atomic E-state index is -1.14. The van der Waals surface area contributed by atoms with Gasteiger partial charge in [-0.25, -0.2) is 4.79 Å². The van der Waals surface area contributed by atoms with Crippen molar-refractivity contribution in [3.63, 3.8) is 0 Å². The van der Waals surface area contributed by atoms with Crippen LogP contribution in [0.2, 0.25) is 0 Å². The molecule has 0 spiro atoms. The normalized spacial score (nSPS) is 13.2. The number of ether oxygens (including phenoxy) is 2. The van der Waals surface area contributed by atoms with Crippen molar-refractivity contribution in [3.05, 3.63) is 23.8 Å². The van der Waals surface area contributed by atoms with Gasteiger partial charge in [0, 0.05) is 5.56 Å². The van der Waals surface area contributed by atoms with Gasteiger partial charge in [0.1, 0.15) is 19.0 Å². The van der Waals surface area contributed by atoms with Gasteiger partial charge in [0.05, 0.1) is 5.69 Å². The number of benzene rings is 1. The lowest BCUT2D eigenvalue weighted by Gasteiger charge is -2.18. The molecule has 7 nitrogen and oxygen atoms in total. The first kappa shape index (κ1) is 13.0. The standard InChI is InChI=1S/C12H11NO6/c14-9(4-18-6-12(16)17)7-1-2-10-8(3-7)13-11(15)5-19-10/h1-3H,4-6H2,(H,13,15)(H,16,17). The Labute approximate surface area is 108 Å². The van der Waals surface area contributed by atoms with E-state index >= 15 is 0 Å². The van der Waals surface area contributed by atoms with Gasteiger partial charge >= 0.3 is 5.97 Å². The van der Waals surface area contributed by atoms with E-state index in [9.17, 15) is 14.4 Å². The molecule has 1 aromatic rings. The van der Waals surface area contributed by atoms with Crippen LogP contribution in [0.3, 0.4) is 0 Å². The number of aliphatic carboxylic acids is 1. The van der Waals surface area contributed by atoms with Crippen LogP contribution >= 0.6 is 0 Å². The van der Waals surface area contributed by atoms with Crippen molar-refractivity contribution in [2.75, 3.05) is 25.1 Å². The van der Waals surface area contributed by atoms with Crippen LogP contribution in [0.1, 0.15) is 10.4 Å². The average Bonchev–Trinajstić information content (AvgIpc) is 2.37. The van der Waals surface area contributed by atoms with E-state index < -0.39 is 12.6 Å². The summed E-state index contributed by atoms with van der Waals surface area (Å²) in [6.45, 7) is -0.918. The largest absolute Gasteiger partial charge is 0.482 e. The maximum absolute atomic E-state index is 11.7. The van der Waals surface area contributed by atoms with E-state index in [0.717, 1.165) is 0 Å². The van der Waals surface area contributed by atoms with Crippen LogP contribution in [0.4, 0.5) is 5.69 Å². The van der Waals surface area contributed by atoms with E-state index in [0.29, 0.717) is 17.0 Å². The first-order chi connectivity index (χ1) is 9.06. The van der Waals surface area contributed by atoms with E-state index in [-0.39, 0.29) is 24.9 Å². The predicted octanol–water partition coefficient (Wildman–Crippen LogP) is 0.301. The number of carboxylic acid groups (broad SMARTS) is 1. The van der Waals surface area contributed by atoms with Crippen molar-refractivity contribution < 1.29 is 29.0 Å². The molecule has 100 valence electrons. The van der Waals surface area contributed by atoms with Crippen LogP contribution in [0.5, 0.6) is 5.75 Å². The molecule has 1 amide bonds. The zero-order valence-electron chi connectivity index (χ0n) is 9.84. The highest BCUT2D eigenvalue weighted by molar-refractivity contribution is 6.01. The molecule has 2 rings (SSSR count). The molecule has 2 N–H and O–H groups in total. The second-order valence-electron chi connectivity index (χ2n) is 3.86. The molecule has 1 aliphatic heterocycles. The zero-order valence-corrected chi connectivity index (χ0v) is 9.84. The first-order valence-corrected chi connectivity index (χ1v) is 5.45. The first-order valence-electron chi connectivity index (χ1n) is 5.45. The third-order valence-corrected chi connectivity index (χ3v) is 2.39. The summed E-state index contributed by atoms with van der Waals surface area (Å²) in [7, 11) is 0. The van der Waals surface area contributed by atoms with Crippen LogP contribution in [0.15, 0.2) is 18.2 Å². The van der Waals surface area contributed by atoms with Gasteiger partial charge in [0.2, 0.25) is 0 Å². The molecule has 0 unspecified atom stereocenters. The van der Waals surface area contributed by atoms with E-state index in [1.54, 1.807) is 6.07 Å². The van der Waals surface area contributed by atoms with Crippen molar-refractivity contribution >= 4 is 23.3 Å². The monoisotopic (exact) mass is 265 g/mol. The Bertz CT molecular complexity index is 539. The molecule has 0 aromatic heterocycles. The molecule has 1 aromatic carbocycles. The summed E-state index contributed by atoms with van der Waals surface area (Å²) in [6.07, 6.45) is 0. The van der Waals surface area contributed by atoms with Gasteiger partial charge in [-0.05, 0) is 18.2 Å². The Morgan fingerprint density at radius 2 is 2.16 bits per heavy atom. The average molecular weight is 265 g/mol. The minimum absolute atomic E-state index is 0.0536. The number of carbonyl (C=O) groups is 3. The maximum atomic E-state index is 11.7. The quantitative estimate of drug-likeness (QED) is 0.742. The summed E-state index contributed by atoms with van der Waals surface area (Å²) in [5.41, 5.74) is 0.732. The van der Waals surface area contributed by atoms with Crippen LogP contribution in [-0.4, -0.2) is 42.6 Å². The van der Waals surface area contributed by atoms with Gasteiger partial charge in [0.15, 0.2) is 12.4 Å². The molecular weight excluding hydrogens is 254 g/mol. The Kier molecular flexibility index (Phi) is 3.76. The fourth-order valence-electron chi connectivity index (χ4n) is 1.57. The maximum Gasteiger partial charge on any atom is 0.329 e. The van der Waals surface area contributed by atoms with Crippen molar-refractivity contribution in [2.24, 2.45) is 0 Å². The van der Waals surface area contributed by atoms with Gasteiger partial charge in [-0.3, -0.25) is 9.59 Å². The third kappa shape index (κ3) is 3.29. The summed E-state index contributed by atoms with van der Waals surface area (Å²) in [5, 5.41) is 11.0. The SMILES string of the molecule is O=C(O)COCC(=O)c1ccc2c(c1)NC(=O)CO2. The Balaban J connectivity index is 2.04. The fraction of sp³-hybridized carbons (Fsp3) is 0.250. The number of carboxylic acids is 1. The van der Waals surface area contributed by atoms with Gasteiger partial charge in [-0.15, -0.1) is 0 Å². The molecule has 0 radical (unpaired) electrons. The molecule has 0 saturated heterocycles. The molecule has 0 fully saturated rings. The number of rotatable bonds is 5. The number of nitrogens with one attached hydrogen (secondary N) is 1. The number of hydrogen-bond donors (Lipinski definition) is 2.